The van der Waals surface area contributed by atoms with Crippen LogP contribution in [0.2, 0.25) is 0 Å². The molecular formula is C18H15FN4OS. The minimum absolute atomic E-state index is 0.215. The molecule has 5 nitrogen and oxygen atoms in total. The zero-order valence-corrected chi connectivity index (χ0v) is 14.3. The number of hydrogen-bond donors (Lipinski definition) is 1. The van der Waals surface area contributed by atoms with Gasteiger partial charge in [-0.15, -0.1) is 11.3 Å². The summed E-state index contributed by atoms with van der Waals surface area (Å²) in [4.78, 5) is 12.7. The van der Waals surface area contributed by atoms with E-state index in [9.17, 15) is 9.18 Å². The van der Waals surface area contributed by atoms with Crippen LogP contribution < -0.4 is 5.32 Å². The number of nitrogens with zero attached hydrogens (tertiary/aromatic N) is 3. The maximum absolute atomic E-state index is 13.5. The standard InChI is InChI=1S/C18H15FN4OS/c1-22-11-14(9-20-22)21-18(24)16-8-17-15(5-6-25-17)23(16)10-12-3-2-4-13(19)7-12/h2-9,11H,10H2,1H3,(H,21,24). The highest BCUT2D eigenvalue weighted by molar-refractivity contribution is 7.17. The summed E-state index contributed by atoms with van der Waals surface area (Å²) in [6.45, 7) is 0.424. The van der Waals surface area contributed by atoms with Crippen molar-refractivity contribution in [3.63, 3.8) is 0 Å². The van der Waals surface area contributed by atoms with Crippen LogP contribution in [0.5, 0.6) is 0 Å². The van der Waals surface area contributed by atoms with Crippen molar-refractivity contribution in [3.05, 3.63) is 71.2 Å². The third-order valence-corrected chi connectivity index (χ3v) is 4.80. The van der Waals surface area contributed by atoms with E-state index in [1.807, 2.05) is 28.1 Å². The van der Waals surface area contributed by atoms with Crippen molar-refractivity contribution in [2.24, 2.45) is 7.05 Å². The quantitative estimate of drug-likeness (QED) is 0.605. The Hall–Kier alpha value is -2.93. The number of halogens is 1. The molecule has 0 atom stereocenters. The summed E-state index contributed by atoms with van der Waals surface area (Å²) in [6, 6.07) is 10.3. The number of carbonyl (C=O) groups excluding carboxylic acids is 1. The summed E-state index contributed by atoms with van der Waals surface area (Å²) in [6.07, 6.45) is 3.33. The predicted octanol–water partition coefficient (Wildman–Crippen LogP) is 3.88. The fourth-order valence-electron chi connectivity index (χ4n) is 2.83. The monoisotopic (exact) mass is 354 g/mol. The molecule has 4 aromatic rings. The Bertz CT molecular complexity index is 1060. The molecule has 3 heterocycles. The minimum Gasteiger partial charge on any atom is -0.331 e. The van der Waals surface area contributed by atoms with E-state index in [1.165, 1.54) is 12.1 Å². The van der Waals surface area contributed by atoms with Crippen LogP contribution in [0, 0.1) is 5.82 Å². The molecule has 1 aromatic carbocycles. The van der Waals surface area contributed by atoms with Gasteiger partial charge in [0.2, 0.25) is 0 Å². The Morgan fingerprint density at radius 2 is 2.20 bits per heavy atom. The number of nitrogens with one attached hydrogen (secondary N) is 1. The number of thiophene rings is 1. The lowest BCUT2D eigenvalue weighted by Gasteiger charge is -2.10. The molecule has 0 saturated carbocycles. The van der Waals surface area contributed by atoms with Crippen LogP contribution in [-0.4, -0.2) is 20.3 Å². The van der Waals surface area contributed by atoms with Gasteiger partial charge >= 0.3 is 0 Å². The number of hydrogen-bond acceptors (Lipinski definition) is 3. The van der Waals surface area contributed by atoms with Crippen LogP contribution >= 0.6 is 11.3 Å². The number of rotatable bonds is 4. The second-order valence-corrected chi connectivity index (χ2v) is 6.72. The van der Waals surface area contributed by atoms with Crippen molar-refractivity contribution in [2.45, 2.75) is 6.54 Å². The Balaban J connectivity index is 1.70. The number of aryl methyl sites for hydroxylation is 1. The maximum atomic E-state index is 13.5. The van der Waals surface area contributed by atoms with Crippen LogP contribution in [-0.2, 0) is 13.6 Å². The summed E-state index contributed by atoms with van der Waals surface area (Å²) in [5.74, 6) is -0.500. The molecule has 0 radical (unpaired) electrons. The van der Waals surface area contributed by atoms with Crippen LogP contribution in [0.4, 0.5) is 10.1 Å². The zero-order valence-electron chi connectivity index (χ0n) is 13.4. The predicted molar refractivity (Wildman–Crippen MR) is 96.5 cm³/mol. The van der Waals surface area contributed by atoms with Crippen molar-refractivity contribution >= 4 is 33.1 Å². The van der Waals surface area contributed by atoms with Gasteiger partial charge in [-0.1, -0.05) is 12.1 Å². The first-order valence-corrected chi connectivity index (χ1v) is 8.59. The molecule has 0 saturated heterocycles. The Labute approximate surface area is 147 Å². The average molecular weight is 354 g/mol. The fourth-order valence-corrected chi connectivity index (χ4v) is 3.66. The van der Waals surface area contributed by atoms with E-state index in [0.717, 1.165) is 15.8 Å². The third-order valence-electron chi connectivity index (χ3n) is 3.95. The summed E-state index contributed by atoms with van der Waals surface area (Å²) >= 11 is 1.57. The van der Waals surface area contributed by atoms with E-state index in [1.54, 1.807) is 41.5 Å². The van der Waals surface area contributed by atoms with Gasteiger partial charge in [0.1, 0.15) is 11.5 Å². The van der Waals surface area contributed by atoms with Gasteiger partial charge in [-0.3, -0.25) is 9.48 Å². The Kier molecular flexibility index (Phi) is 3.85. The van der Waals surface area contributed by atoms with Crippen molar-refractivity contribution in [1.82, 2.24) is 14.3 Å². The number of carbonyl (C=O) groups is 1. The summed E-state index contributed by atoms with van der Waals surface area (Å²) < 4.78 is 18.1. The molecule has 3 aromatic heterocycles. The van der Waals surface area contributed by atoms with Gasteiger partial charge in [-0.25, -0.2) is 4.39 Å². The molecule has 0 aliphatic rings. The van der Waals surface area contributed by atoms with Crippen LogP contribution in [0.15, 0.2) is 54.2 Å². The lowest BCUT2D eigenvalue weighted by molar-refractivity contribution is 0.101. The first kappa shape index (κ1) is 15.6. The van der Waals surface area contributed by atoms with Gasteiger partial charge in [-0.2, -0.15) is 5.10 Å². The molecule has 0 bridgehead atoms. The van der Waals surface area contributed by atoms with Gasteiger partial charge in [0.25, 0.3) is 5.91 Å². The Morgan fingerprint density at radius 3 is 2.96 bits per heavy atom. The van der Waals surface area contributed by atoms with E-state index in [4.69, 9.17) is 0 Å². The topological polar surface area (TPSA) is 51.9 Å². The van der Waals surface area contributed by atoms with Gasteiger partial charge < -0.3 is 9.88 Å². The van der Waals surface area contributed by atoms with Crippen LogP contribution in [0.25, 0.3) is 10.2 Å². The van der Waals surface area contributed by atoms with E-state index in [0.29, 0.717) is 17.9 Å². The first-order valence-electron chi connectivity index (χ1n) is 7.71. The van der Waals surface area contributed by atoms with Crippen LogP contribution in [0.3, 0.4) is 0 Å². The largest absolute Gasteiger partial charge is 0.331 e. The van der Waals surface area contributed by atoms with E-state index in [2.05, 4.69) is 10.4 Å². The second kappa shape index (κ2) is 6.18. The highest BCUT2D eigenvalue weighted by Crippen LogP contribution is 2.27. The molecule has 1 N–H and O–H groups in total. The number of benzene rings is 1. The van der Waals surface area contributed by atoms with E-state index < -0.39 is 0 Å². The van der Waals surface area contributed by atoms with Gasteiger partial charge in [-0.05, 0) is 35.2 Å². The van der Waals surface area contributed by atoms with Gasteiger partial charge in [0.15, 0.2) is 0 Å². The van der Waals surface area contributed by atoms with Gasteiger partial charge in [0, 0.05) is 19.8 Å². The molecule has 126 valence electrons. The fraction of sp³-hybridized carbons (Fsp3) is 0.111. The first-order chi connectivity index (χ1) is 12.1. The molecule has 4 rings (SSSR count). The molecule has 7 heteroatoms. The van der Waals surface area contributed by atoms with Crippen LogP contribution in [0.1, 0.15) is 16.1 Å². The molecule has 1 amide bonds. The highest BCUT2D eigenvalue weighted by atomic mass is 32.1. The number of anilines is 1. The molecular weight excluding hydrogens is 339 g/mol. The summed E-state index contributed by atoms with van der Waals surface area (Å²) in [5.41, 5.74) is 2.94. The molecule has 0 aliphatic carbocycles. The molecule has 0 unspecified atom stereocenters. The smallest absolute Gasteiger partial charge is 0.272 e. The normalized spacial score (nSPS) is 11.1. The van der Waals surface area contributed by atoms with Crippen molar-refractivity contribution < 1.29 is 9.18 Å². The lowest BCUT2D eigenvalue weighted by atomic mass is 10.2. The summed E-state index contributed by atoms with van der Waals surface area (Å²) in [5, 5.41) is 8.89. The zero-order chi connectivity index (χ0) is 17.4. The molecule has 0 aliphatic heterocycles. The maximum Gasteiger partial charge on any atom is 0.272 e. The third kappa shape index (κ3) is 3.06. The SMILES string of the molecule is Cn1cc(NC(=O)c2cc3sccc3n2Cc2cccc(F)c2)cn1. The number of fused-ring (bicyclic) bond motifs is 1. The molecule has 25 heavy (non-hydrogen) atoms. The lowest BCUT2D eigenvalue weighted by Crippen LogP contribution is -2.17. The second-order valence-electron chi connectivity index (χ2n) is 5.77. The van der Waals surface area contributed by atoms with Crippen molar-refractivity contribution in [3.8, 4) is 0 Å². The number of amides is 1. The Morgan fingerprint density at radius 1 is 1.32 bits per heavy atom. The van der Waals surface area contributed by atoms with Crippen molar-refractivity contribution in [2.75, 3.05) is 5.32 Å². The molecule has 0 fully saturated rings. The summed E-state index contributed by atoms with van der Waals surface area (Å²) in [7, 11) is 1.79. The average Bonchev–Trinajstić information content (AvgIpc) is 3.25. The van der Waals surface area contributed by atoms with E-state index in [-0.39, 0.29) is 11.7 Å². The van der Waals surface area contributed by atoms with Gasteiger partial charge in [0.05, 0.1) is 22.1 Å². The minimum atomic E-state index is -0.285. The van der Waals surface area contributed by atoms with E-state index >= 15 is 0 Å². The van der Waals surface area contributed by atoms with Crippen molar-refractivity contribution in [1.29, 1.82) is 0 Å². The number of aromatic nitrogens is 3. The molecule has 0 spiro atoms. The highest BCUT2D eigenvalue weighted by Gasteiger charge is 2.17.